The minimum Gasteiger partial charge on any atom is -0.424 e. The molecule has 1 aromatic carbocycles. The molecule has 0 spiro atoms. The maximum atomic E-state index is 11.1. The Hall–Kier alpha value is -1.92. The molecule has 1 heterocycles. The van der Waals surface area contributed by atoms with Crippen LogP contribution in [0.2, 0.25) is 10.3 Å². The van der Waals surface area contributed by atoms with Gasteiger partial charge in [0.25, 0.3) is 0 Å². The smallest absolute Gasteiger partial charge is 0.308 e. The maximum Gasteiger partial charge on any atom is 0.308 e. The summed E-state index contributed by atoms with van der Waals surface area (Å²) in [6, 6.07) is 2.86. The zero-order valence-corrected chi connectivity index (χ0v) is 11.9. The Bertz CT molecular complexity index is 658. The summed E-state index contributed by atoms with van der Waals surface area (Å²) in [7, 11) is 0. The lowest BCUT2D eigenvalue weighted by atomic mass is 10.2. The van der Waals surface area contributed by atoms with Crippen LogP contribution in [-0.4, -0.2) is 21.9 Å². The van der Waals surface area contributed by atoms with Crippen molar-refractivity contribution in [2.45, 2.75) is 13.8 Å². The summed E-state index contributed by atoms with van der Waals surface area (Å²) >= 11 is 11.6. The van der Waals surface area contributed by atoms with Crippen molar-refractivity contribution in [3.63, 3.8) is 0 Å². The van der Waals surface area contributed by atoms with E-state index in [9.17, 15) is 9.59 Å². The quantitative estimate of drug-likeness (QED) is 0.626. The molecule has 0 fully saturated rings. The van der Waals surface area contributed by atoms with Gasteiger partial charge in [-0.1, -0.05) is 23.2 Å². The van der Waals surface area contributed by atoms with Crippen LogP contribution in [0.25, 0.3) is 11.0 Å². The van der Waals surface area contributed by atoms with E-state index in [1.54, 1.807) is 0 Å². The predicted octanol–water partition coefficient (Wildman–Crippen LogP) is 2.79. The van der Waals surface area contributed by atoms with E-state index in [-0.39, 0.29) is 32.8 Å². The number of nitrogens with zero attached hydrogens (tertiary/aromatic N) is 2. The molecule has 8 heteroatoms. The third-order valence-electron chi connectivity index (χ3n) is 2.17. The summed E-state index contributed by atoms with van der Waals surface area (Å²) in [6.45, 7) is 2.49. The second-order valence-electron chi connectivity index (χ2n) is 3.75. The molecule has 2 rings (SSSR count). The van der Waals surface area contributed by atoms with E-state index in [1.165, 1.54) is 26.0 Å². The van der Waals surface area contributed by atoms with E-state index in [1.807, 2.05) is 0 Å². The molecule has 0 saturated heterocycles. The van der Waals surface area contributed by atoms with Crippen LogP contribution in [0.4, 0.5) is 0 Å². The zero-order valence-electron chi connectivity index (χ0n) is 10.4. The number of carbonyl (C=O) groups excluding carboxylic acids is 2. The van der Waals surface area contributed by atoms with E-state index in [0.29, 0.717) is 0 Å². The zero-order chi connectivity index (χ0) is 14.9. The number of halogens is 2. The highest BCUT2D eigenvalue weighted by Crippen LogP contribution is 2.33. The molecule has 0 aliphatic heterocycles. The van der Waals surface area contributed by atoms with E-state index in [0.717, 1.165) is 0 Å². The first-order chi connectivity index (χ1) is 9.38. The van der Waals surface area contributed by atoms with Gasteiger partial charge in [-0.05, 0) is 12.1 Å². The largest absolute Gasteiger partial charge is 0.424 e. The van der Waals surface area contributed by atoms with E-state index in [4.69, 9.17) is 32.7 Å². The Kier molecular flexibility index (Phi) is 4.06. The van der Waals surface area contributed by atoms with Crippen molar-refractivity contribution >= 4 is 46.2 Å². The summed E-state index contributed by atoms with van der Waals surface area (Å²) in [5, 5.41) is -0.0971. The number of ether oxygens (including phenoxy) is 2. The maximum absolute atomic E-state index is 11.1. The number of hydrogen-bond acceptors (Lipinski definition) is 6. The Morgan fingerprint density at radius 2 is 1.25 bits per heavy atom. The Balaban J connectivity index is 2.70. The first kappa shape index (κ1) is 14.5. The molecule has 0 atom stereocenters. The molecular formula is C12H8Cl2N2O4. The van der Waals surface area contributed by atoms with Crippen LogP contribution in [-0.2, 0) is 9.59 Å². The molecule has 104 valence electrons. The van der Waals surface area contributed by atoms with Gasteiger partial charge in [0.05, 0.1) is 0 Å². The van der Waals surface area contributed by atoms with Gasteiger partial charge in [0.15, 0.2) is 21.8 Å². The summed E-state index contributed by atoms with van der Waals surface area (Å²) in [5.41, 5.74) is 0.349. The monoisotopic (exact) mass is 314 g/mol. The van der Waals surface area contributed by atoms with Crippen LogP contribution in [0.3, 0.4) is 0 Å². The van der Waals surface area contributed by atoms with Crippen LogP contribution in [0, 0.1) is 0 Å². The van der Waals surface area contributed by atoms with Crippen molar-refractivity contribution in [1.82, 2.24) is 9.97 Å². The third kappa shape index (κ3) is 2.97. The summed E-state index contributed by atoms with van der Waals surface area (Å²) in [5.74, 6) is -0.761. The van der Waals surface area contributed by atoms with Crippen LogP contribution in [0.5, 0.6) is 11.5 Å². The van der Waals surface area contributed by atoms with Crippen molar-refractivity contribution < 1.29 is 19.1 Å². The molecule has 0 aliphatic carbocycles. The molecular weight excluding hydrogens is 307 g/mol. The van der Waals surface area contributed by atoms with Gasteiger partial charge in [0.2, 0.25) is 0 Å². The highest BCUT2D eigenvalue weighted by molar-refractivity contribution is 6.40. The summed E-state index contributed by atoms with van der Waals surface area (Å²) < 4.78 is 10.00. The van der Waals surface area contributed by atoms with E-state index < -0.39 is 11.9 Å². The van der Waals surface area contributed by atoms with Crippen molar-refractivity contribution in [3.05, 3.63) is 22.4 Å². The molecule has 0 amide bonds. The number of rotatable bonds is 2. The van der Waals surface area contributed by atoms with Gasteiger partial charge >= 0.3 is 11.9 Å². The van der Waals surface area contributed by atoms with Crippen molar-refractivity contribution in [3.8, 4) is 11.5 Å². The van der Waals surface area contributed by atoms with Crippen LogP contribution < -0.4 is 9.47 Å². The van der Waals surface area contributed by atoms with Crippen molar-refractivity contribution in [1.29, 1.82) is 0 Å². The second kappa shape index (κ2) is 5.60. The van der Waals surface area contributed by atoms with Gasteiger partial charge < -0.3 is 9.47 Å². The normalized spacial score (nSPS) is 10.4. The average Bonchev–Trinajstić information content (AvgIpc) is 2.33. The minimum absolute atomic E-state index is 0.0486. The minimum atomic E-state index is -0.528. The second-order valence-corrected chi connectivity index (χ2v) is 4.47. The van der Waals surface area contributed by atoms with Gasteiger partial charge in [-0.3, -0.25) is 9.59 Å². The predicted molar refractivity (Wildman–Crippen MR) is 72.2 cm³/mol. The molecule has 6 nitrogen and oxygen atoms in total. The molecule has 0 N–H and O–H groups in total. The van der Waals surface area contributed by atoms with E-state index in [2.05, 4.69) is 9.97 Å². The topological polar surface area (TPSA) is 78.4 Å². The first-order valence-corrected chi connectivity index (χ1v) is 6.16. The Morgan fingerprint density at radius 1 is 0.900 bits per heavy atom. The molecule has 2 aromatic rings. The lowest BCUT2D eigenvalue weighted by molar-refractivity contribution is -0.132. The van der Waals surface area contributed by atoms with Crippen LogP contribution in [0.1, 0.15) is 13.8 Å². The molecule has 0 aliphatic rings. The number of esters is 2. The average molecular weight is 315 g/mol. The molecule has 0 saturated carbocycles. The van der Waals surface area contributed by atoms with Crippen LogP contribution in [0.15, 0.2) is 12.1 Å². The fourth-order valence-electron chi connectivity index (χ4n) is 1.52. The van der Waals surface area contributed by atoms with Gasteiger partial charge in [0.1, 0.15) is 11.0 Å². The number of fused-ring (bicyclic) bond motifs is 1. The number of hydrogen-bond donors (Lipinski definition) is 0. The van der Waals surface area contributed by atoms with Crippen LogP contribution >= 0.6 is 23.2 Å². The Labute approximate surface area is 123 Å². The fourth-order valence-corrected chi connectivity index (χ4v) is 1.78. The molecule has 20 heavy (non-hydrogen) atoms. The summed E-state index contributed by atoms with van der Waals surface area (Å²) in [6.07, 6.45) is 0. The van der Waals surface area contributed by atoms with Crippen molar-refractivity contribution in [2.24, 2.45) is 0 Å². The van der Waals surface area contributed by atoms with Gasteiger partial charge in [-0.15, -0.1) is 0 Å². The molecule has 0 radical (unpaired) electrons. The number of carbonyl (C=O) groups is 2. The molecule has 0 bridgehead atoms. The number of aromatic nitrogens is 2. The van der Waals surface area contributed by atoms with Gasteiger partial charge in [-0.2, -0.15) is 0 Å². The van der Waals surface area contributed by atoms with Gasteiger partial charge in [0, 0.05) is 13.8 Å². The first-order valence-electron chi connectivity index (χ1n) is 5.41. The SMILES string of the molecule is CC(=O)Oc1ccc(OC(C)=O)c2nc(Cl)c(Cl)nc12. The third-order valence-corrected chi connectivity index (χ3v) is 2.80. The summed E-state index contributed by atoms with van der Waals surface area (Å²) in [4.78, 5) is 30.1. The molecule has 1 aromatic heterocycles. The fraction of sp³-hybridized carbons (Fsp3) is 0.167. The highest BCUT2D eigenvalue weighted by atomic mass is 35.5. The lowest BCUT2D eigenvalue weighted by Crippen LogP contribution is -2.06. The Morgan fingerprint density at radius 3 is 1.55 bits per heavy atom. The van der Waals surface area contributed by atoms with Gasteiger partial charge in [-0.25, -0.2) is 9.97 Å². The van der Waals surface area contributed by atoms with E-state index >= 15 is 0 Å². The van der Waals surface area contributed by atoms with Crippen molar-refractivity contribution in [2.75, 3.05) is 0 Å². The lowest BCUT2D eigenvalue weighted by Gasteiger charge is -2.09. The molecule has 0 unspecified atom stereocenters. The highest BCUT2D eigenvalue weighted by Gasteiger charge is 2.16. The standard InChI is InChI=1S/C12H8Cl2N2O4/c1-5(17)19-7-3-4-8(20-6(2)18)10-9(7)15-11(13)12(14)16-10/h3-4H,1-2H3. The number of benzene rings is 1.